The van der Waals surface area contributed by atoms with Crippen LogP contribution < -0.4 is 11.1 Å². The van der Waals surface area contributed by atoms with Crippen molar-refractivity contribution in [1.29, 1.82) is 5.26 Å². The number of nitrogens with zero attached hydrogens (tertiary/aromatic N) is 5. The predicted molar refractivity (Wildman–Crippen MR) is 118 cm³/mol. The van der Waals surface area contributed by atoms with E-state index < -0.39 is 0 Å². The minimum absolute atomic E-state index is 0.0751. The highest BCUT2D eigenvalue weighted by Gasteiger charge is 2.18. The maximum absolute atomic E-state index is 12.6. The highest BCUT2D eigenvalue weighted by atomic mass is 16.1. The molecule has 0 saturated carbocycles. The van der Waals surface area contributed by atoms with Gasteiger partial charge in [-0.05, 0) is 38.0 Å². The molecular weight excluding hydrogens is 378 g/mol. The molecule has 0 saturated heterocycles. The van der Waals surface area contributed by atoms with Crippen molar-refractivity contribution < 1.29 is 4.79 Å². The standard InChI is InChI=1S/C22H27N7O/c1-5-6-7-15(2)25-11-10-16(3)29-14-19(20(12-23)28-29)22(30)26-13-18-8-9-21(24)27-17(18)4/h6-9,11,14,16H,2,5,10,13H2,1,3-4H3,(H2,24,27)(H,26,30)/b7-6-,25-11?. The molecule has 8 nitrogen and oxygen atoms in total. The van der Waals surface area contributed by atoms with E-state index >= 15 is 0 Å². The van der Waals surface area contributed by atoms with Gasteiger partial charge in [-0.15, -0.1) is 0 Å². The largest absolute Gasteiger partial charge is 0.384 e. The van der Waals surface area contributed by atoms with Crippen LogP contribution in [0.5, 0.6) is 0 Å². The van der Waals surface area contributed by atoms with Gasteiger partial charge in [0.15, 0.2) is 5.69 Å². The number of hydrogen-bond acceptors (Lipinski definition) is 6. The third-order valence-electron chi connectivity index (χ3n) is 4.44. The number of amides is 1. The van der Waals surface area contributed by atoms with Gasteiger partial charge >= 0.3 is 0 Å². The van der Waals surface area contributed by atoms with Gasteiger partial charge in [0.1, 0.15) is 11.9 Å². The number of nitrogen functional groups attached to an aromatic ring is 1. The summed E-state index contributed by atoms with van der Waals surface area (Å²) in [6, 6.07) is 5.41. The minimum atomic E-state index is -0.368. The Morgan fingerprint density at radius 3 is 2.93 bits per heavy atom. The molecule has 0 radical (unpaired) electrons. The van der Waals surface area contributed by atoms with E-state index in [2.05, 4.69) is 27.0 Å². The lowest BCUT2D eigenvalue weighted by Gasteiger charge is -2.09. The summed E-state index contributed by atoms with van der Waals surface area (Å²) in [5.74, 6) is 0.0612. The summed E-state index contributed by atoms with van der Waals surface area (Å²) >= 11 is 0. The second-order valence-corrected chi connectivity index (χ2v) is 6.84. The van der Waals surface area contributed by atoms with Gasteiger partial charge in [0.2, 0.25) is 0 Å². The highest BCUT2D eigenvalue weighted by molar-refractivity contribution is 5.95. The van der Waals surface area contributed by atoms with Crippen molar-refractivity contribution in [2.45, 2.75) is 46.2 Å². The molecule has 0 fully saturated rings. The van der Waals surface area contributed by atoms with Gasteiger partial charge in [-0.1, -0.05) is 25.6 Å². The van der Waals surface area contributed by atoms with Crippen molar-refractivity contribution in [3.8, 4) is 6.07 Å². The van der Waals surface area contributed by atoms with Gasteiger partial charge < -0.3 is 11.1 Å². The summed E-state index contributed by atoms with van der Waals surface area (Å²) in [6.07, 6.45) is 8.72. The number of aryl methyl sites for hydroxylation is 1. The number of allylic oxidation sites excluding steroid dienone is 2. The molecular formula is C22H27N7O. The maximum atomic E-state index is 12.6. The molecule has 3 N–H and O–H groups in total. The number of anilines is 1. The number of carbonyl (C=O) groups excluding carboxylic acids is 1. The minimum Gasteiger partial charge on any atom is -0.384 e. The normalized spacial score (nSPS) is 12.2. The van der Waals surface area contributed by atoms with Crippen molar-refractivity contribution in [1.82, 2.24) is 20.1 Å². The number of aliphatic imine (C=N–C) groups is 1. The fraction of sp³-hybridized carbons (Fsp3) is 0.318. The second-order valence-electron chi connectivity index (χ2n) is 6.84. The highest BCUT2D eigenvalue weighted by Crippen LogP contribution is 2.14. The van der Waals surface area contributed by atoms with Crippen molar-refractivity contribution >= 4 is 17.9 Å². The van der Waals surface area contributed by atoms with Crippen LogP contribution in [-0.2, 0) is 6.54 Å². The van der Waals surface area contributed by atoms with E-state index in [1.54, 1.807) is 23.2 Å². The van der Waals surface area contributed by atoms with E-state index in [0.29, 0.717) is 17.9 Å². The Balaban J connectivity index is 2.04. The first-order chi connectivity index (χ1) is 14.3. The Labute approximate surface area is 176 Å². The fourth-order valence-electron chi connectivity index (χ4n) is 2.66. The van der Waals surface area contributed by atoms with E-state index in [9.17, 15) is 10.1 Å². The summed E-state index contributed by atoms with van der Waals surface area (Å²) in [4.78, 5) is 21.1. The first-order valence-electron chi connectivity index (χ1n) is 9.73. The summed E-state index contributed by atoms with van der Waals surface area (Å²) in [6.45, 7) is 9.95. The van der Waals surface area contributed by atoms with Crippen molar-refractivity contribution in [3.05, 3.63) is 65.3 Å². The predicted octanol–water partition coefficient (Wildman–Crippen LogP) is 3.47. The van der Waals surface area contributed by atoms with E-state index in [1.165, 1.54) is 0 Å². The molecule has 156 valence electrons. The molecule has 2 aromatic heterocycles. The van der Waals surface area contributed by atoms with E-state index in [1.807, 2.05) is 45.1 Å². The molecule has 0 aliphatic rings. The topological polar surface area (TPSA) is 122 Å². The Bertz CT molecular complexity index is 1010. The Hall–Kier alpha value is -3.73. The molecule has 0 bridgehead atoms. The molecule has 2 aromatic rings. The average molecular weight is 406 g/mol. The second kappa shape index (κ2) is 10.7. The average Bonchev–Trinajstić information content (AvgIpc) is 3.16. The zero-order valence-corrected chi connectivity index (χ0v) is 17.6. The number of carbonyl (C=O) groups is 1. The number of nitrogens with two attached hydrogens (primary N) is 1. The molecule has 0 aliphatic carbocycles. The molecule has 0 spiro atoms. The zero-order chi connectivity index (χ0) is 22.1. The van der Waals surface area contributed by atoms with Crippen LogP contribution in [0.4, 0.5) is 5.82 Å². The van der Waals surface area contributed by atoms with Gasteiger partial charge in [0, 0.05) is 31.1 Å². The zero-order valence-electron chi connectivity index (χ0n) is 17.6. The van der Waals surface area contributed by atoms with Gasteiger partial charge in [-0.2, -0.15) is 10.4 Å². The van der Waals surface area contributed by atoms with E-state index in [4.69, 9.17) is 5.73 Å². The number of pyridine rings is 1. The number of aromatic nitrogens is 3. The van der Waals surface area contributed by atoms with Gasteiger partial charge in [-0.3, -0.25) is 14.5 Å². The molecule has 1 amide bonds. The van der Waals surface area contributed by atoms with Crippen LogP contribution in [0, 0.1) is 18.3 Å². The number of nitrogens with one attached hydrogen (secondary N) is 1. The van der Waals surface area contributed by atoms with Crippen LogP contribution >= 0.6 is 0 Å². The lowest BCUT2D eigenvalue weighted by molar-refractivity contribution is 0.0950. The van der Waals surface area contributed by atoms with Crippen LogP contribution in [-0.4, -0.2) is 26.9 Å². The summed E-state index contributed by atoms with van der Waals surface area (Å²) in [5.41, 5.74) is 8.24. The number of nitriles is 1. The summed E-state index contributed by atoms with van der Waals surface area (Å²) in [5, 5.41) is 16.4. The quantitative estimate of drug-likeness (QED) is 0.488. The van der Waals surface area contributed by atoms with Gasteiger partial charge in [0.05, 0.1) is 17.3 Å². The molecule has 2 heterocycles. The van der Waals surface area contributed by atoms with Crippen molar-refractivity contribution in [2.75, 3.05) is 5.73 Å². The Morgan fingerprint density at radius 2 is 2.27 bits per heavy atom. The van der Waals surface area contributed by atoms with Gasteiger partial charge in [0.25, 0.3) is 5.91 Å². The first kappa shape index (κ1) is 22.6. The third-order valence-corrected chi connectivity index (χ3v) is 4.44. The van der Waals surface area contributed by atoms with Crippen LogP contribution in [0.2, 0.25) is 0 Å². The molecule has 30 heavy (non-hydrogen) atoms. The Kier molecular flexibility index (Phi) is 8.06. The summed E-state index contributed by atoms with van der Waals surface area (Å²) < 4.78 is 1.61. The first-order valence-corrected chi connectivity index (χ1v) is 9.73. The van der Waals surface area contributed by atoms with Crippen LogP contribution in [0.3, 0.4) is 0 Å². The third kappa shape index (κ3) is 6.14. The van der Waals surface area contributed by atoms with E-state index in [-0.39, 0.29) is 29.8 Å². The number of rotatable bonds is 9. The van der Waals surface area contributed by atoms with Crippen LogP contribution in [0.15, 0.2) is 47.7 Å². The van der Waals surface area contributed by atoms with Crippen LogP contribution in [0.1, 0.15) is 60.0 Å². The summed E-state index contributed by atoms with van der Waals surface area (Å²) in [7, 11) is 0. The lowest BCUT2D eigenvalue weighted by Crippen LogP contribution is -2.24. The lowest BCUT2D eigenvalue weighted by atomic mass is 10.2. The fourth-order valence-corrected chi connectivity index (χ4v) is 2.66. The van der Waals surface area contributed by atoms with Crippen LogP contribution in [0.25, 0.3) is 0 Å². The molecule has 1 atom stereocenters. The van der Waals surface area contributed by atoms with Gasteiger partial charge in [-0.25, -0.2) is 4.98 Å². The SMILES string of the molecule is C=C(/C=C\CC)N=CCC(C)n1cc(C(=O)NCc2ccc(N)nc2C)c(C#N)n1. The maximum Gasteiger partial charge on any atom is 0.256 e. The molecule has 8 heteroatoms. The number of hydrogen-bond donors (Lipinski definition) is 2. The molecule has 2 rings (SSSR count). The smallest absolute Gasteiger partial charge is 0.256 e. The monoisotopic (exact) mass is 405 g/mol. The molecule has 1 unspecified atom stereocenters. The van der Waals surface area contributed by atoms with Crippen molar-refractivity contribution in [2.24, 2.45) is 4.99 Å². The molecule has 0 aromatic carbocycles. The Morgan fingerprint density at radius 1 is 1.50 bits per heavy atom. The van der Waals surface area contributed by atoms with E-state index in [0.717, 1.165) is 17.7 Å². The molecule has 0 aliphatic heterocycles. The van der Waals surface area contributed by atoms with Crippen molar-refractivity contribution in [3.63, 3.8) is 0 Å².